The SMILES string of the molecule is CN1CCCn2c1cc(OCCc1ccc(Cl)cc1)nc2=O. The maximum Gasteiger partial charge on any atom is 0.352 e. The first-order chi connectivity index (χ1) is 10.6. The van der Waals surface area contributed by atoms with Crippen molar-refractivity contribution in [3.8, 4) is 5.88 Å². The van der Waals surface area contributed by atoms with Crippen LogP contribution >= 0.6 is 11.6 Å². The average Bonchev–Trinajstić information content (AvgIpc) is 2.50. The monoisotopic (exact) mass is 319 g/mol. The number of hydrogen-bond donors (Lipinski definition) is 0. The molecule has 1 aliphatic rings. The number of anilines is 1. The van der Waals surface area contributed by atoms with E-state index in [9.17, 15) is 4.79 Å². The van der Waals surface area contributed by atoms with Gasteiger partial charge in [-0.2, -0.15) is 4.98 Å². The molecular formula is C16H18ClN3O2. The highest BCUT2D eigenvalue weighted by molar-refractivity contribution is 6.30. The molecule has 0 saturated carbocycles. The van der Waals surface area contributed by atoms with Crippen molar-refractivity contribution in [2.45, 2.75) is 19.4 Å². The number of aromatic nitrogens is 2. The van der Waals surface area contributed by atoms with Gasteiger partial charge in [0.1, 0.15) is 5.82 Å². The van der Waals surface area contributed by atoms with Crippen LogP contribution in [0.15, 0.2) is 35.1 Å². The van der Waals surface area contributed by atoms with Crippen molar-refractivity contribution in [3.05, 3.63) is 51.4 Å². The first kappa shape index (κ1) is 14.9. The third-order valence-electron chi connectivity index (χ3n) is 3.79. The molecule has 2 aromatic rings. The van der Waals surface area contributed by atoms with Gasteiger partial charge in [0, 0.05) is 37.6 Å². The molecule has 6 heteroatoms. The van der Waals surface area contributed by atoms with E-state index in [-0.39, 0.29) is 5.69 Å². The van der Waals surface area contributed by atoms with E-state index >= 15 is 0 Å². The molecule has 0 saturated heterocycles. The van der Waals surface area contributed by atoms with Gasteiger partial charge in [-0.15, -0.1) is 0 Å². The highest BCUT2D eigenvalue weighted by Crippen LogP contribution is 2.20. The first-order valence-electron chi connectivity index (χ1n) is 7.34. The van der Waals surface area contributed by atoms with Crippen molar-refractivity contribution >= 4 is 17.4 Å². The van der Waals surface area contributed by atoms with Gasteiger partial charge in [-0.05, 0) is 24.1 Å². The second-order valence-corrected chi connectivity index (χ2v) is 5.82. The molecule has 22 heavy (non-hydrogen) atoms. The molecule has 0 radical (unpaired) electrons. The van der Waals surface area contributed by atoms with Crippen molar-refractivity contribution in [1.82, 2.24) is 9.55 Å². The first-order valence-corrected chi connectivity index (χ1v) is 7.71. The Balaban J connectivity index is 1.68. The summed E-state index contributed by atoms with van der Waals surface area (Å²) in [5.41, 5.74) is 0.891. The molecule has 0 spiro atoms. The van der Waals surface area contributed by atoms with Crippen LogP contribution in [0.2, 0.25) is 5.02 Å². The van der Waals surface area contributed by atoms with Crippen LogP contribution < -0.4 is 15.3 Å². The summed E-state index contributed by atoms with van der Waals surface area (Å²) in [5, 5.41) is 0.720. The van der Waals surface area contributed by atoms with Gasteiger partial charge >= 0.3 is 5.69 Å². The summed E-state index contributed by atoms with van der Waals surface area (Å²) in [7, 11) is 1.97. The molecule has 1 aliphatic heterocycles. The Morgan fingerprint density at radius 3 is 2.82 bits per heavy atom. The summed E-state index contributed by atoms with van der Waals surface area (Å²) in [6, 6.07) is 9.48. The quantitative estimate of drug-likeness (QED) is 0.868. The van der Waals surface area contributed by atoms with E-state index in [0.29, 0.717) is 12.5 Å². The standard InChI is InChI=1S/C16H18ClN3O2/c1-19-8-2-9-20-15(19)11-14(18-16(20)21)22-10-7-12-3-5-13(17)6-4-12/h3-6,11H,2,7-10H2,1H3. The molecule has 0 unspecified atom stereocenters. The minimum atomic E-state index is -0.245. The Morgan fingerprint density at radius 1 is 1.27 bits per heavy atom. The van der Waals surface area contributed by atoms with E-state index in [2.05, 4.69) is 9.88 Å². The summed E-state index contributed by atoms with van der Waals surface area (Å²) >= 11 is 5.86. The van der Waals surface area contributed by atoms with Crippen LogP contribution in [0.4, 0.5) is 5.82 Å². The molecule has 1 aromatic heterocycles. The topological polar surface area (TPSA) is 47.4 Å². The summed E-state index contributed by atoms with van der Waals surface area (Å²) in [4.78, 5) is 18.1. The van der Waals surface area contributed by atoms with Gasteiger partial charge in [0.15, 0.2) is 0 Å². The second-order valence-electron chi connectivity index (χ2n) is 5.39. The third-order valence-corrected chi connectivity index (χ3v) is 4.04. The van der Waals surface area contributed by atoms with E-state index in [1.807, 2.05) is 37.4 Å². The van der Waals surface area contributed by atoms with Crippen molar-refractivity contribution in [2.75, 3.05) is 25.1 Å². The maximum atomic E-state index is 12.0. The predicted molar refractivity (Wildman–Crippen MR) is 87.0 cm³/mol. The zero-order valence-electron chi connectivity index (χ0n) is 12.5. The van der Waals surface area contributed by atoms with E-state index in [4.69, 9.17) is 16.3 Å². The van der Waals surface area contributed by atoms with Gasteiger partial charge < -0.3 is 9.64 Å². The molecular weight excluding hydrogens is 302 g/mol. The minimum absolute atomic E-state index is 0.245. The van der Waals surface area contributed by atoms with Crippen molar-refractivity contribution in [3.63, 3.8) is 0 Å². The molecule has 3 rings (SSSR count). The lowest BCUT2D eigenvalue weighted by Crippen LogP contribution is -2.36. The number of fused-ring (bicyclic) bond motifs is 1. The smallest absolute Gasteiger partial charge is 0.352 e. The molecule has 116 valence electrons. The molecule has 0 amide bonds. The van der Waals surface area contributed by atoms with E-state index < -0.39 is 0 Å². The van der Waals surface area contributed by atoms with Crippen LogP contribution in [0.25, 0.3) is 0 Å². The van der Waals surface area contributed by atoms with Gasteiger partial charge in [-0.25, -0.2) is 4.79 Å². The summed E-state index contributed by atoms with van der Waals surface area (Å²) in [5.74, 6) is 1.26. The van der Waals surface area contributed by atoms with E-state index in [0.717, 1.165) is 42.3 Å². The lowest BCUT2D eigenvalue weighted by molar-refractivity contribution is 0.306. The fourth-order valence-corrected chi connectivity index (χ4v) is 2.70. The van der Waals surface area contributed by atoms with E-state index in [1.165, 1.54) is 0 Å². The number of nitrogens with zero attached hydrogens (tertiary/aromatic N) is 3. The highest BCUT2D eigenvalue weighted by atomic mass is 35.5. The zero-order valence-corrected chi connectivity index (χ0v) is 13.2. The average molecular weight is 320 g/mol. The number of hydrogen-bond acceptors (Lipinski definition) is 4. The van der Waals surface area contributed by atoms with Crippen LogP contribution in [0.5, 0.6) is 5.88 Å². The Labute approximate surface area is 134 Å². The maximum absolute atomic E-state index is 12.0. The van der Waals surface area contributed by atoms with Gasteiger partial charge in [-0.1, -0.05) is 23.7 Å². The van der Waals surface area contributed by atoms with Crippen LogP contribution in [-0.2, 0) is 13.0 Å². The molecule has 0 aliphatic carbocycles. The second kappa shape index (κ2) is 6.40. The molecule has 0 fully saturated rings. The van der Waals surface area contributed by atoms with Crippen LogP contribution in [0.3, 0.4) is 0 Å². The fraction of sp³-hybridized carbons (Fsp3) is 0.375. The molecule has 2 heterocycles. The van der Waals surface area contributed by atoms with Gasteiger partial charge in [0.05, 0.1) is 6.61 Å². The summed E-state index contributed by atoms with van der Waals surface area (Å²) in [6.45, 7) is 2.13. The van der Waals surface area contributed by atoms with Crippen molar-refractivity contribution in [1.29, 1.82) is 0 Å². The lowest BCUT2D eigenvalue weighted by atomic mass is 10.2. The van der Waals surface area contributed by atoms with Gasteiger partial charge in [0.2, 0.25) is 5.88 Å². The number of benzene rings is 1. The van der Waals surface area contributed by atoms with Crippen LogP contribution in [0, 0.1) is 0 Å². The molecule has 0 N–H and O–H groups in total. The highest BCUT2D eigenvalue weighted by Gasteiger charge is 2.16. The summed E-state index contributed by atoms with van der Waals surface area (Å²) in [6.07, 6.45) is 1.70. The Hall–Kier alpha value is -2.01. The van der Waals surface area contributed by atoms with Crippen molar-refractivity contribution < 1.29 is 4.74 Å². The Kier molecular flexibility index (Phi) is 4.34. The summed E-state index contributed by atoms with van der Waals surface area (Å²) < 4.78 is 7.34. The number of rotatable bonds is 4. The van der Waals surface area contributed by atoms with Gasteiger partial charge in [0.25, 0.3) is 0 Å². The molecule has 0 atom stereocenters. The largest absolute Gasteiger partial charge is 0.477 e. The normalized spacial score (nSPS) is 13.8. The van der Waals surface area contributed by atoms with Crippen LogP contribution in [-0.4, -0.2) is 29.8 Å². The number of ether oxygens (including phenoxy) is 1. The predicted octanol–water partition coefficient (Wildman–Crippen LogP) is 2.36. The van der Waals surface area contributed by atoms with Crippen molar-refractivity contribution in [2.24, 2.45) is 0 Å². The van der Waals surface area contributed by atoms with E-state index in [1.54, 1.807) is 4.57 Å². The van der Waals surface area contributed by atoms with Gasteiger partial charge in [-0.3, -0.25) is 4.57 Å². The Bertz CT molecular complexity index is 712. The minimum Gasteiger partial charge on any atom is -0.477 e. The molecule has 0 bridgehead atoms. The number of halogens is 1. The molecule has 5 nitrogen and oxygen atoms in total. The Morgan fingerprint density at radius 2 is 2.05 bits per heavy atom. The fourth-order valence-electron chi connectivity index (χ4n) is 2.58. The lowest BCUT2D eigenvalue weighted by Gasteiger charge is -2.28. The third kappa shape index (κ3) is 3.25. The van der Waals surface area contributed by atoms with Crippen LogP contribution in [0.1, 0.15) is 12.0 Å². The molecule has 1 aromatic carbocycles. The zero-order chi connectivity index (χ0) is 15.5.